The summed E-state index contributed by atoms with van der Waals surface area (Å²) in [6.45, 7) is 7.01. The highest BCUT2D eigenvalue weighted by atomic mass is 32.1. The summed E-state index contributed by atoms with van der Waals surface area (Å²) in [5.74, 6) is 1.75. The Morgan fingerprint density at radius 3 is 2.70 bits per heavy atom. The second-order valence-electron chi connectivity index (χ2n) is 9.90. The van der Waals surface area contributed by atoms with Crippen LogP contribution in [0.15, 0.2) is 63.4 Å². The van der Waals surface area contributed by atoms with Gasteiger partial charge in [0.15, 0.2) is 30.7 Å². The van der Waals surface area contributed by atoms with E-state index in [0.29, 0.717) is 54.2 Å². The molecule has 2 saturated heterocycles. The molecule has 0 unspecified atom stereocenters. The number of thiophene rings is 1. The van der Waals surface area contributed by atoms with Gasteiger partial charge in [0, 0.05) is 59.8 Å². The number of nitrogens with one attached hydrogen (secondary N) is 2. The molecule has 204 valence electrons. The molecule has 2 N–H and O–H groups in total. The zero-order valence-electron chi connectivity index (χ0n) is 21.9. The predicted octanol–water partition coefficient (Wildman–Crippen LogP) is 2.72. The third-order valence-corrected chi connectivity index (χ3v) is 8.11. The van der Waals surface area contributed by atoms with Crippen LogP contribution in [-0.2, 0) is 16.0 Å². The average Bonchev–Trinajstić information content (AvgIpc) is 3.56. The van der Waals surface area contributed by atoms with Gasteiger partial charge in [-0.25, -0.2) is 9.67 Å². The topological polar surface area (TPSA) is 112 Å². The van der Waals surface area contributed by atoms with Crippen molar-refractivity contribution in [3.63, 3.8) is 0 Å². The molecule has 0 bridgehead atoms. The van der Waals surface area contributed by atoms with Crippen LogP contribution in [-0.4, -0.2) is 59.5 Å². The molecular formula is C28H28N7O4S+. The molecule has 40 heavy (non-hydrogen) atoms. The van der Waals surface area contributed by atoms with Crippen LogP contribution >= 0.6 is 11.3 Å². The second kappa shape index (κ2) is 10.5. The van der Waals surface area contributed by atoms with Gasteiger partial charge in [0.1, 0.15) is 11.2 Å². The number of anilines is 3. The normalized spacial score (nSPS) is 15.9. The van der Waals surface area contributed by atoms with Crippen molar-refractivity contribution in [2.75, 3.05) is 50.0 Å². The first-order chi connectivity index (χ1) is 19.6. The highest BCUT2D eigenvalue weighted by molar-refractivity contribution is 7.17. The van der Waals surface area contributed by atoms with Crippen molar-refractivity contribution in [2.24, 2.45) is 0 Å². The van der Waals surface area contributed by atoms with Crippen molar-refractivity contribution in [3.8, 4) is 16.9 Å². The van der Waals surface area contributed by atoms with Gasteiger partial charge in [-0.1, -0.05) is 12.1 Å². The summed E-state index contributed by atoms with van der Waals surface area (Å²) in [6, 6.07) is 11.4. The summed E-state index contributed by atoms with van der Waals surface area (Å²) in [6.07, 6.45) is 3.74. The molecule has 2 fully saturated rings. The number of aromatic nitrogens is 4. The van der Waals surface area contributed by atoms with E-state index in [1.165, 1.54) is 21.8 Å². The van der Waals surface area contributed by atoms with Crippen molar-refractivity contribution >= 4 is 39.1 Å². The van der Waals surface area contributed by atoms with Crippen LogP contribution < -0.4 is 20.5 Å². The van der Waals surface area contributed by atoms with Crippen LogP contribution in [0.1, 0.15) is 11.3 Å². The fraction of sp³-hybridized carbons (Fsp3) is 0.286. The second-order valence-corrected chi connectivity index (χ2v) is 10.8. The van der Waals surface area contributed by atoms with Crippen molar-refractivity contribution < 1.29 is 18.8 Å². The zero-order chi connectivity index (χ0) is 27.1. The van der Waals surface area contributed by atoms with Crippen LogP contribution in [0.4, 0.5) is 17.5 Å². The molecule has 0 atom stereocenters. The summed E-state index contributed by atoms with van der Waals surface area (Å²) >= 11 is 1.41. The van der Waals surface area contributed by atoms with Gasteiger partial charge in [-0.15, -0.1) is 11.3 Å². The number of rotatable bonds is 7. The molecule has 2 aliphatic rings. The lowest BCUT2D eigenvalue weighted by Gasteiger charge is -2.27. The first-order valence-electron chi connectivity index (χ1n) is 13.2. The molecule has 12 heteroatoms. The standard InChI is InChI=1S/C28H27N7O4S/c1-18-20(13-33-16-38-17-33)14-35(32-18)24-6-7-29-28(31-24)30-21-4-2-19(3-5-21)22-15-40-27-23(36)12-25(39-26(22)27)34-8-10-37-11-9-34/h2-7,12,14-15H,8-11,13,16-17H2,1H3,(H,29,30,31)/p+1. The third-order valence-electron chi connectivity index (χ3n) is 7.13. The number of fused-ring (bicyclic) bond motifs is 1. The van der Waals surface area contributed by atoms with Gasteiger partial charge in [0.05, 0.1) is 18.9 Å². The Kier molecular flexibility index (Phi) is 6.52. The van der Waals surface area contributed by atoms with E-state index < -0.39 is 0 Å². The van der Waals surface area contributed by atoms with E-state index in [9.17, 15) is 4.79 Å². The Hall–Kier alpha value is -4.10. The Bertz CT molecular complexity index is 1720. The monoisotopic (exact) mass is 558 g/mol. The van der Waals surface area contributed by atoms with Gasteiger partial charge < -0.3 is 19.4 Å². The summed E-state index contributed by atoms with van der Waals surface area (Å²) in [4.78, 5) is 25.3. The van der Waals surface area contributed by atoms with Gasteiger partial charge in [0.2, 0.25) is 11.4 Å². The molecule has 5 aromatic rings. The van der Waals surface area contributed by atoms with Crippen LogP contribution in [0.3, 0.4) is 0 Å². The largest absolute Gasteiger partial charge is 0.439 e. The SMILES string of the molecule is Cc1nn(-c2ccnc(Nc3ccc(-c4csc5c(=O)cc(N6CCOCC6)oc45)cc3)n2)cc1C[NH+]1COC1. The summed E-state index contributed by atoms with van der Waals surface area (Å²) in [7, 11) is 0. The van der Waals surface area contributed by atoms with E-state index >= 15 is 0 Å². The molecule has 0 saturated carbocycles. The van der Waals surface area contributed by atoms with Crippen LogP contribution in [0.2, 0.25) is 0 Å². The van der Waals surface area contributed by atoms with Gasteiger partial charge in [0.25, 0.3) is 0 Å². The molecule has 11 nitrogen and oxygen atoms in total. The van der Waals surface area contributed by atoms with Gasteiger partial charge >= 0.3 is 0 Å². The lowest BCUT2D eigenvalue weighted by Crippen LogP contribution is -3.17. The minimum atomic E-state index is -0.0235. The smallest absolute Gasteiger partial charge is 0.229 e. The number of benzene rings is 1. The summed E-state index contributed by atoms with van der Waals surface area (Å²) in [5.41, 5.74) is 5.46. The molecule has 0 amide bonds. The Morgan fingerprint density at radius 1 is 1.10 bits per heavy atom. The minimum Gasteiger partial charge on any atom is -0.439 e. The molecule has 4 aromatic heterocycles. The maximum Gasteiger partial charge on any atom is 0.229 e. The molecule has 6 heterocycles. The summed E-state index contributed by atoms with van der Waals surface area (Å²) in [5, 5.41) is 9.91. The van der Waals surface area contributed by atoms with E-state index in [1.807, 2.05) is 48.8 Å². The number of nitrogens with zero attached hydrogens (tertiary/aromatic N) is 5. The van der Waals surface area contributed by atoms with Gasteiger partial charge in [-0.3, -0.25) is 14.4 Å². The Labute approximate surface area is 233 Å². The molecule has 2 aliphatic heterocycles. The molecule has 0 spiro atoms. The van der Waals surface area contributed by atoms with Crippen molar-refractivity contribution in [1.82, 2.24) is 19.7 Å². The van der Waals surface area contributed by atoms with Crippen molar-refractivity contribution in [1.29, 1.82) is 0 Å². The number of ether oxygens (including phenoxy) is 2. The molecular weight excluding hydrogens is 530 g/mol. The number of hydrogen-bond acceptors (Lipinski definition) is 10. The van der Waals surface area contributed by atoms with Crippen molar-refractivity contribution in [3.05, 3.63) is 75.7 Å². The van der Waals surface area contributed by atoms with Crippen LogP contribution in [0.5, 0.6) is 0 Å². The van der Waals surface area contributed by atoms with E-state index in [1.54, 1.807) is 16.9 Å². The van der Waals surface area contributed by atoms with Crippen molar-refractivity contribution in [2.45, 2.75) is 13.5 Å². The first kappa shape index (κ1) is 24.9. The highest BCUT2D eigenvalue weighted by Gasteiger charge is 2.22. The maximum absolute atomic E-state index is 12.8. The van der Waals surface area contributed by atoms with E-state index in [2.05, 4.69) is 25.3 Å². The van der Waals surface area contributed by atoms with E-state index in [0.717, 1.165) is 42.5 Å². The molecule has 7 rings (SSSR count). The van der Waals surface area contributed by atoms with E-state index in [4.69, 9.17) is 13.9 Å². The quantitative estimate of drug-likeness (QED) is 0.311. The molecule has 0 radical (unpaired) electrons. The fourth-order valence-electron chi connectivity index (χ4n) is 4.87. The number of morpholine rings is 1. The fourth-order valence-corrected chi connectivity index (χ4v) is 5.79. The zero-order valence-corrected chi connectivity index (χ0v) is 22.7. The van der Waals surface area contributed by atoms with Crippen LogP contribution in [0, 0.1) is 6.92 Å². The molecule has 0 aliphatic carbocycles. The van der Waals surface area contributed by atoms with Crippen LogP contribution in [0.25, 0.3) is 27.2 Å². The van der Waals surface area contributed by atoms with Gasteiger partial charge in [-0.2, -0.15) is 10.1 Å². The minimum absolute atomic E-state index is 0.0235. The predicted molar refractivity (Wildman–Crippen MR) is 151 cm³/mol. The van der Waals surface area contributed by atoms with Gasteiger partial charge in [-0.05, 0) is 24.6 Å². The number of hydrogen-bond donors (Lipinski definition) is 2. The maximum atomic E-state index is 12.8. The first-order valence-corrected chi connectivity index (χ1v) is 14.0. The lowest BCUT2D eigenvalue weighted by molar-refractivity contribution is -1.02. The average molecular weight is 559 g/mol. The number of quaternary nitrogens is 1. The lowest BCUT2D eigenvalue weighted by atomic mass is 10.1. The summed E-state index contributed by atoms with van der Waals surface area (Å²) < 4.78 is 19.4. The molecule has 1 aromatic carbocycles. The highest BCUT2D eigenvalue weighted by Crippen LogP contribution is 2.35. The van der Waals surface area contributed by atoms with E-state index in [-0.39, 0.29) is 5.43 Å². The Morgan fingerprint density at radius 2 is 1.93 bits per heavy atom. The Balaban J connectivity index is 1.10. The number of aryl methyl sites for hydroxylation is 1. The third kappa shape index (κ3) is 4.86.